The molecule has 7 nitrogen and oxygen atoms in total. The summed E-state index contributed by atoms with van der Waals surface area (Å²) in [5, 5.41) is 3.93. The maximum Gasteiger partial charge on any atom is 0.513 e. The fourth-order valence-electron chi connectivity index (χ4n) is 2.08. The summed E-state index contributed by atoms with van der Waals surface area (Å²) >= 11 is 4.92. The molecule has 28 heavy (non-hydrogen) atoms. The monoisotopic (exact) mass is 466 g/mol. The number of nitrogens with zero attached hydrogens (tertiary/aromatic N) is 1. The van der Waals surface area contributed by atoms with Crippen LogP contribution in [-0.2, 0) is 15.3 Å². The molecule has 1 N–H and O–H groups in total. The van der Waals surface area contributed by atoms with Crippen LogP contribution >= 0.6 is 27.7 Å². The van der Waals surface area contributed by atoms with Gasteiger partial charge in [0.05, 0.1) is 26.2 Å². The van der Waals surface area contributed by atoms with Gasteiger partial charge in [0.2, 0.25) is 5.91 Å². The molecule has 0 unspecified atom stereocenters. The Morgan fingerprint density at radius 2 is 2.00 bits per heavy atom. The Morgan fingerprint density at radius 3 is 2.71 bits per heavy atom. The molecule has 0 fully saturated rings. The number of thioether (sulfide) groups is 1. The van der Waals surface area contributed by atoms with E-state index in [1.807, 2.05) is 24.3 Å². The van der Waals surface area contributed by atoms with Crippen LogP contribution in [0.5, 0.6) is 11.5 Å². The molecule has 9 heteroatoms. The number of methoxy groups -OCH3 is 2. The van der Waals surface area contributed by atoms with Gasteiger partial charge in [0.1, 0.15) is 0 Å². The molecule has 0 spiro atoms. The normalized spacial score (nSPS) is 10.5. The number of hydrazone groups is 1. The molecule has 0 saturated heterocycles. The van der Waals surface area contributed by atoms with Crippen LogP contribution < -0.4 is 14.9 Å². The van der Waals surface area contributed by atoms with Gasteiger partial charge in [0, 0.05) is 10.2 Å². The lowest BCUT2D eigenvalue weighted by Crippen LogP contribution is -2.19. The Bertz CT molecular complexity index is 860. The summed E-state index contributed by atoms with van der Waals surface area (Å²) in [6.45, 7) is 0. The van der Waals surface area contributed by atoms with Crippen molar-refractivity contribution in [2.75, 3.05) is 20.0 Å². The van der Waals surface area contributed by atoms with Crippen LogP contribution in [0.25, 0.3) is 0 Å². The molecular weight excluding hydrogens is 448 g/mol. The van der Waals surface area contributed by atoms with Crippen molar-refractivity contribution >= 4 is 46.0 Å². The summed E-state index contributed by atoms with van der Waals surface area (Å²) in [6, 6.07) is 12.8. The molecule has 2 aromatic rings. The fraction of sp³-hybridized carbons (Fsp3) is 0.211. The third-order valence-electron chi connectivity index (χ3n) is 3.34. The minimum atomic E-state index is -0.840. The van der Waals surface area contributed by atoms with Crippen molar-refractivity contribution in [3.8, 4) is 11.5 Å². The van der Waals surface area contributed by atoms with Gasteiger partial charge in [-0.25, -0.2) is 10.2 Å². The van der Waals surface area contributed by atoms with Crippen LogP contribution in [0.3, 0.4) is 0 Å². The zero-order valence-electron chi connectivity index (χ0n) is 15.3. The van der Waals surface area contributed by atoms with Gasteiger partial charge in [0.25, 0.3) is 0 Å². The number of hydrogen-bond donors (Lipinski definition) is 1. The summed E-state index contributed by atoms with van der Waals surface area (Å²) in [6.07, 6.45) is 0.633. The van der Waals surface area contributed by atoms with Crippen molar-refractivity contribution in [2.24, 2.45) is 5.10 Å². The first-order valence-electron chi connectivity index (χ1n) is 8.09. The summed E-state index contributed by atoms with van der Waals surface area (Å²) in [5.41, 5.74) is 4.28. The van der Waals surface area contributed by atoms with E-state index in [0.717, 1.165) is 15.8 Å². The summed E-state index contributed by atoms with van der Waals surface area (Å²) < 4.78 is 15.6. The molecule has 2 aromatic carbocycles. The zero-order chi connectivity index (χ0) is 20.4. The Balaban J connectivity index is 1.82. The van der Waals surface area contributed by atoms with Crippen LogP contribution in [-0.4, -0.2) is 38.2 Å². The maximum absolute atomic E-state index is 11.9. The van der Waals surface area contributed by atoms with E-state index in [4.69, 9.17) is 9.47 Å². The number of carbonyl (C=O) groups is 2. The minimum Gasteiger partial charge on any atom is -0.493 e. The van der Waals surface area contributed by atoms with E-state index in [1.165, 1.54) is 32.2 Å². The molecule has 0 heterocycles. The highest BCUT2D eigenvalue weighted by Gasteiger charge is 2.10. The molecule has 0 saturated carbocycles. The number of ether oxygens (including phenoxy) is 3. The van der Waals surface area contributed by atoms with Crippen molar-refractivity contribution in [1.29, 1.82) is 0 Å². The second-order valence-electron chi connectivity index (χ2n) is 5.38. The molecule has 0 radical (unpaired) electrons. The van der Waals surface area contributed by atoms with Gasteiger partial charge >= 0.3 is 6.16 Å². The molecule has 0 bridgehead atoms. The number of halogens is 1. The Morgan fingerprint density at radius 1 is 1.18 bits per heavy atom. The third kappa shape index (κ3) is 7.24. The summed E-state index contributed by atoms with van der Waals surface area (Å²) in [7, 11) is 2.67. The van der Waals surface area contributed by atoms with E-state index in [-0.39, 0.29) is 11.7 Å². The first kappa shape index (κ1) is 21.8. The Kier molecular flexibility index (Phi) is 8.83. The van der Waals surface area contributed by atoms with Crippen molar-refractivity contribution < 1.29 is 23.8 Å². The number of rotatable bonds is 8. The number of nitrogens with one attached hydrogen (secondary N) is 1. The molecule has 0 atom stereocenters. The van der Waals surface area contributed by atoms with E-state index in [0.29, 0.717) is 17.1 Å². The molecular formula is C19H19BrN2O5S. The van der Waals surface area contributed by atoms with Crippen molar-refractivity contribution in [2.45, 2.75) is 5.75 Å². The van der Waals surface area contributed by atoms with Gasteiger partial charge < -0.3 is 14.2 Å². The maximum atomic E-state index is 11.9. The second-order valence-corrected chi connectivity index (χ2v) is 7.28. The van der Waals surface area contributed by atoms with Crippen molar-refractivity contribution in [3.05, 3.63) is 58.1 Å². The first-order valence-corrected chi connectivity index (χ1v) is 10.0. The van der Waals surface area contributed by atoms with E-state index in [1.54, 1.807) is 18.2 Å². The van der Waals surface area contributed by atoms with Crippen LogP contribution in [0.4, 0.5) is 4.79 Å². The van der Waals surface area contributed by atoms with E-state index in [9.17, 15) is 9.59 Å². The minimum absolute atomic E-state index is 0.200. The average Bonchev–Trinajstić information content (AvgIpc) is 2.69. The smallest absolute Gasteiger partial charge is 0.493 e. The SMILES string of the molecule is COC(=O)Oc1ccc(C=NNC(=O)CSCc2cccc(Br)c2)cc1OC. The summed E-state index contributed by atoms with van der Waals surface area (Å²) in [4.78, 5) is 23.1. The van der Waals surface area contributed by atoms with Crippen LogP contribution in [0.2, 0.25) is 0 Å². The van der Waals surface area contributed by atoms with Gasteiger partial charge in [-0.05, 0) is 41.5 Å². The molecule has 148 valence electrons. The number of amides is 1. The highest BCUT2D eigenvalue weighted by Crippen LogP contribution is 2.27. The molecule has 0 aliphatic rings. The van der Waals surface area contributed by atoms with Crippen LogP contribution in [0.15, 0.2) is 52.0 Å². The second kappa shape index (κ2) is 11.4. The number of hydrogen-bond acceptors (Lipinski definition) is 7. The Labute approximate surface area is 175 Å². The highest BCUT2D eigenvalue weighted by atomic mass is 79.9. The topological polar surface area (TPSA) is 86.2 Å². The molecule has 0 aliphatic carbocycles. The molecule has 2 rings (SSSR count). The third-order valence-corrected chi connectivity index (χ3v) is 4.84. The van der Waals surface area contributed by atoms with Crippen molar-refractivity contribution in [1.82, 2.24) is 5.43 Å². The number of carbonyl (C=O) groups excluding carboxylic acids is 2. The summed E-state index contributed by atoms with van der Waals surface area (Å²) in [5.74, 6) is 1.38. The van der Waals surface area contributed by atoms with Gasteiger partial charge in [-0.3, -0.25) is 4.79 Å². The number of benzene rings is 2. The fourth-order valence-corrected chi connectivity index (χ4v) is 3.29. The lowest BCUT2D eigenvalue weighted by Gasteiger charge is -2.08. The first-order chi connectivity index (χ1) is 13.5. The molecule has 1 amide bonds. The van der Waals surface area contributed by atoms with Gasteiger partial charge in [-0.15, -0.1) is 11.8 Å². The van der Waals surface area contributed by atoms with Crippen LogP contribution in [0, 0.1) is 0 Å². The van der Waals surface area contributed by atoms with Gasteiger partial charge in [-0.2, -0.15) is 5.10 Å². The molecule has 0 aliphatic heterocycles. The van der Waals surface area contributed by atoms with E-state index >= 15 is 0 Å². The quantitative estimate of drug-likeness (QED) is 0.274. The highest BCUT2D eigenvalue weighted by molar-refractivity contribution is 9.10. The molecule has 0 aromatic heterocycles. The lowest BCUT2D eigenvalue weighted by molar-refractivity contribution is -0.118. The van der Waals surface area contributed by atoms with Gasteiger partial charge in [-0.1, -0.05) is 28.1 Å². The van der Waals surface area contributed by atoms with Crippen molar-refractivity contribution in [3.63, 3.8) is 0 Å². The standard InChI is InChI=1S/C19H19BrN2O5S/c1-25-17-9-13(6-7-16(17)27-19(24)26-2)10-21-22-18(23)12-28-11-14-4-3-5-15(20)8-14/h3-10H,11-12H2,1-2H3,(H,22,23). The average molecular weight is 467 g/mol. The van der Waals surface area contributed by atoms with E-state index < -0.39 is 6.16 Å². The predicted octanol–water partition coefficient (Wildman–Crippen LogP) is 3.99. The zero-order valence-corrected chi connectivity index (χ0v) is 17.7. The largest absolute Gasteiger partial charge is 0.513 e. The van der Waals surface area contributed by atoms with E-state index in [2.05, 4.69) is 31.2 Å². The lowest BCUT2D eigenvalue weighted by atomic mass is 10.2. The van der Waals surface area contributed by atoms with Crippen LogP contribution in [0.1, 0.15) is 11.1 Å². The Hall–Kier alpha value is -2.52. The van der Waals surface area contributed by atoms with Gasteiger partial charge in [0.15, 0.2) is 11.5 Å². The predicted molar refractivity (Wildman–Crippen MR) is 112 cm³/mol.